The van der Waals surface area contributed by atoms with Crippen LogP contribution < -0.4 is 0 Å². The zero-order valence-electron chi connectivity index (χ0n) is 7.93. The van der Waals surface area contributed by atoms with E-state index in [-0.39, 0.29) is 16.6 Å². The fourth-order valence-electron chi connectivity index (χ4n) is 1.23. The van der Waals surface area contributed by atoms with Crippen LogP contribution in [0.1, 0.15) is 26.8 Å². The van der Waals surface area contributed by atoms with E-state index >= 15 is 0 Å². The summed E-state index contributed by atoms with van der Waals surface area (Å²) in [6.45, 7) is 5.90. The van der Waals surface area contributed by atoms with Gasteiger partial charge in [0, 0.05) is 0 Å². The van der Waals surface area contributed by atoms with Crippen LogP contribution in [0.25, 0.3) is 0 Å². The largest absolute Gasteiger partial charge is 0.285 e. The third-order valence-electron chi connectivity index (χ3n) is 1.76. The second-order valence-corrected chi connectivity index (χ2v) is 4.42. The molecule has 5 heteroatoms. The van der Waals surface area contributed by atoms with Gasteiger partial charge in [-0.15, -0.1) is 12.6 Å². The summed E-state index contributed by atoms with van der Waals surface area (Å²) in [4.78, 5) is 15.1. The SMILES string of the molecule is CC(C)(C)C(C(=O)S)n1cncn1. The summed E-state index contributed by atoms with van der Waals surface area (Å²) < 4.78 is 1.54. The number of hydrogen-bond donors (Lipinski definition) is 1. The van der Waals surface area contributed by atoms with E-state index in [4.69, 9.17) is 0 Å². The van der Waals surface area contributed by atoms with Gasteiger partial charge in [-0.25, -0.2) is 9.67 Å². The van der Waals surface area contributed by atoms with Crippen molar-refractivity contribution >= 4 is 17.7 Å². The molecule has 0 fully saturated rings. The second kappa shape index (κ2) is 3.49. The molecule has 1 atom stereocenters. The Morgan fingerprint density at radius 1 is 1.54 bits per heavy atom. The lowest BCUT2D eigenvalue weighted by Gasteiger charge is -2.27. The Morgan fingerprint density at radius 2 is 2.15 bits per heavy atom. The first-order valence-electron chi connectivity index (χ1n) is 4.00. The topological polar surface area (TPSA) is 47.8 Å². The summed E-state index contributed by atoms with van der Waals surface area (Å²) >= 11 is 3.85. The maximum atomic E-state index is 11.3. The van der Waals surface area contributed by atoms with E-state index in [9.17, 15) is 4.79 Å². The highest BCUT2D eigenvalue weighted by molar-refractivity contribution is 7.96. The quantitative estimate of drug-likeness (QED) is 0.731. The molecule has 1 heterocycles. The third-order valence-corrected chi connectivity index (χ3v) is 2.00. The van der Waals surface area contributed by atoms with E-state index < -0.39 is 0 Å². The minimum atomic E-state index is -0.363. The van der Waals surface area contributed by atoms with Crippen molar-refractivity contribution < 1.29 is 4.79 Å². The van der Waals surface area contributed by atoms with Crippen LogP contribution in [-0.4, -0.2) is 19.9 Å². The Labute approximate surface area is 82.8 Å². The molecule has 1 aromatic rings. The highest BCUT2D eigenvalue weighted by Crippen LogP contribution is 2.31. The molecule has 0 bridgehead atoms. The molecule has 0 saturated heterocycles. The molecular weight excluding hydrogens is 186 g/mol. The smallest absolute Gasteiger partial charge is 0.211 e. The average Bonchev–Trinajstić information content (AvgIpc) is 2.34. The van der Waals surface area contributed by atoms with E-state index in [0.29, 0.717) is 0 Å². The van der Waals surface area contributed by atoms with Crippen LogP contribution >= 0.6 is 12.6 Å². The maximum Gasteiger partial charge on any atom is 0.211 e. The van der Waals surface area contributed by atoms with E-state index in [1.807, 2.05) is 20.8 Å². The Bertz CT molecular complexity index is 289. The van der Waals surface area contributed by atoms with Gasteiger partial charge in [-0.1, -0.05) is 20.8 Å². The molecule has 0 aliphatic rings. The van der Waals surface area contributed by atoms with Crippen LogP contribution in [0.4, 0.5) is 0 Å². The molecule has 13 heavy (non-hydrogen) atoms. The van der Waals surface area contributed by atoms with Crippen LogP contribution in [0.2, 0.25) is 0 Å². The van der Waals surface area contributed by atoms with E-state index in [2.05, 4.69) is 22.7 Å². The summed E-state index contributed by atoms with van der Waals surface area (Å²) in [5.74, 6) is 0. The summed E-state index contributed by atoms with van der Waals surface area (Å²) in [6.07, 6.45) is 2.94. The normalized spacial score (nSPS) is 14.2. The van der Waals surface area contributed by atoms with E-state index in [0.717, 1.165) is 0 Å². The van der Waals surface area contributed by atoms with Gasteiger partial charge in [0.25, 0.3) is 0 Å². The lowest BCUT2D eigenvalue weighted by molar-refractivity contribution is -0.116. The van der Waals surface area contributed by atoms with E-state index in [1.165, 1.54) is 17.3 Å². The molecule has 0 spiro atoms. The van der Waals surface area contributed by atoms with Crippen molar-refractivity contribution in [2.75, 3.05) is 0 Å². The standard InChI is InChI=1S/C8H13N3OS/c1-8(2,3)6(7(12)13)11-5-9-4-10-11/h4-6H,1-3H3,(H,12,13). The average molecular weight is 199 g/mol. The molecule has 72 valence electrons. The van der Waals surface area contributed by atoms with Crippen LogP contribution in [0.3, 0.4) is 0 Å². The minimum absolute atomic E-state index is 0.196. The number of hydrogen-bond acceptors (Lipinski definition) is 3. The summed E-state index contributed by atoms with van der Waals surface area (Å²) in [5.41, 5.74) is -0.202. The minimum Gasteiger partial charge on any atom is -0.285 e. The van der Waals surface area contributed by atoms with Crippen molar-refractivity contribution in [3.8, 4) is 0 Å². The third kappa shape index (κ3) is 2.30. The van der Waals surface area contributed by atoms with Gasteiger partial charge in [-0.05, 0) is 5.41 Å². The fraction of sp³-hybridized carbons (Fsp3) is 0.625. The van der Waals surface area contributed by atoms with Crippen molar-refractivity contribution in [2.45, 2.75) is 26.8 Å². The molecule has 4 nitrogen and oxygen atoms in total. The van der Waals surface area contributed by atoms with Gasteiger partial charge in [-0.3, -0.25) is 4.79 Å². The first-order valence-corrected chi connectivity index (χ1v) is 4.44. The molecule has 0 aromatic carbocycles. The van der Waals surface area contributed by atoms with Crippen molar-refractivity contribution in [1.29, 1.82) is 0 Å². The highest BCUT2D eigenvalue weighted by Gasteiger charge is 2.31. The predicted molar refractivity (Wildman–Crippen MR) is 52.5 cm³/mol. The number of thiol groups is 1. The predicted octanol–water partition coefficient (Wildman–Crippen LogP) is 1.32. The second-order valence-electron chi connectivity index (χ2n) is 3.98. The molecule has 1 aromatic heterocycles. The van der Waals surface area contributed by atoms with E-state index in [1.54, 1.807) is 0 Å². The molecule has 0 radical (unpaired) electrons. The van der Waals surface area contributed by atoms with Gasteiger partial charge < -0.3 is 0 Å². The van der Waals surface area contributed by atoms with Crippen molar-refractivity contribution in [1.82, 2.24) is 14.8 Å². The summed E-state index contributed by atoms with van der Waals surface area (Å²) in [5, 5.41) is 3.74. The molecule has 0 aliphatic carbocycles. The van der Waals surface area contributed by atoms with Gasteiger partial charge >= 0.3 is 0 Å². The van der Waals surface area contributed by atoms with Gasteiger partial charge in [0.15, 0.2) is 0 Å². The van der Waals surface area contributed by atoms with Crippen LogP contribution in [0.5, 0.6) is 0 Å². The van der Waals surface area contributed by atoms with Gasteiger partial charge in [0.2, 0.25) is 5.12 Å². The summed E-state index contributed by atoms with van der Waals surface area (Å²) in [7, 11) is 0. The molecule has 1 rings (SSSR count). The van der Waals surface area contributed by atoms with Gasteiger partial charge in [-0.2, -0.15) is 5.10 Å². The Balaban J connectivity index is 3.01. The van der Waals surface area contributed by atoms with Crippen LogP contribution in [0.15, 0.2) is 12.7 Å². The lowest BCUT2D eigenvalue weighted by atomic mass is 9.88. The first kappa shape index (κ1) is 10.2. The van der Waals surface area contributed by atoms with Crippen molar-refractivity contribution in [3.63, 3.8) is 0 Å². The Kier molecular flexibility index (Phi) is 2.75. The molecular formula is C8H13N3OS. The first-order chi connectivity index (χ1) is 5.93. The molecule has 1 unspecified atom stereocenters. The van der Waals surface area contributed by atoms with Crippen molar-refractivity contribution in [2.24, 2.45) is 5.41 Å². The highest BCUT2D eigenvalue weighted by atomic mass is 32.1. The molecule has 0 aliphatic heterocycles. The van der Waals surface area contributed by atoms with Gasteiger partial charge in [0.05, 0.1) is 0 Å². The van der Waals surface area contributed by atoms with Gasteiger partial charge in [0.1, 0.15) is 18.7 Å². The zero-order valence-corrected chi connectivity index (χ0v) is 8.82. The maximum absolute atomic E-state index is 11.3. The summed E-state index contributed by atoms with van der Waals surface area (Å²) in [6, 6.07) is -0.363. The monoisotopic (exact) mass is 199 g/mol. The molecule has 0 N–H and O–H groups in total. The molecule has 0 saturated carbocycles. The zero-order chi connectivity index (χ0) is 10.1. The fourth-order valence-corrected chi connectivity index (χ4v) is 1.74. The Hall–Kier alpha value is -0.840. The van der Waals surface area contributed by atoms with Crippen LogP contribution in [-0.2, 0) is 4.79 Å². The number of nitrogens with zero attached hydrogens (tertiary/aromatic N) is 3. The van der Waals surface area contributed by atoms with Crippen LogP contribution in [0, 0.1) is 5.41 Å². The number of aromatic nitrogens is 3. The lowest BCUT2D eigenvalue weighted by Crippen LogP contribution is -2.29. The number of carbonyl (C=O) groups is 1. The number of rotatable bonds is 2. The Morgan fingerprint density at radius 3 is 2.46 bits per heavy atom. The van der Waals surface area contributed by atoms with Crippen molar-refractivity contribution in [3.05, 3.63) is 12.7 Å². The number of carbonyl (C=O) groups excluding carboxylic acids is 1. The molecule has 0 amide bonds.